The number of hydrogen-bond donors (Lipinski definition) is 1. The van der Waals surface area contributed by atoms with E-state index in [-0.39, 0.29) is 11.9 Å². The monoisotopic (exact) mass is 349 g/mol. The van der Waals surface area contributed by atoms with Gasteiger partial charge in [-0.25, -0.2) is 0 Å². The minimum atomic E-state index is -0.0882. The van der Waals surface area contributed by atoms with Crippen LogP contribution < -0.4 is 10.1 Å². The molecule has 0 saturated carbocycles. The third-order valence-corrected chi connectivity index (χ3v) is 4.65. The summed E-state index contributed by atoms with van der Waals surface area (Å²) >= 11 is 7.44. The molecule has 2 aromatic rings. The molecule has 0 aliphatic carbocycles. The van der Waals surface area contributed by atoms with Gasteiger partial charge in [0.05, 0.1) is 18.9 Å². The normalized spacial score (nSPS) is 11.8. The molecule has 1 N–H and O–H groups in total. The van der Waals surface area contributed by atoms with Crippen molar-refractivity contribution in [3.63, 3.8) is 0 Å². The highest BCUT2D eigenvalue weighted by molar-refractivity contribution is 7.99. The summed E-state index contributed by atoms with van der Waals surface area (Å²) < 4.78 is 5.33. The van der Waals surface area contributed by atoms with Crippen LogP contribution in [0.5, 0.6) is 5.75 Å². The Hall–Kier alpha value is -1.65. The fourth-order valence-electron chi connectivity index (χ4n) is 2.23. The van der Waals surface area contributed by atoms with Gasteiger partial charge in [0.25, 0.3) is 0 Å². The number of carbonyl (C=O) groups excluding carboxylic acids is 1. The number of halogens is 1. The van der Waals surface area contributed by atoms with E-state index in [1.54, 1.807) is 18.9 Å². The molecule has 0 fully saturated rings. The van der Waals surface area contributed by atoms with Crippen LogP contribution in [-0.4, -0.2) is 18.8 Å². The van der Waals surface area contributed by atoms with Crippen molar-refractivity contribution in [3.8, 4) is 5.75 Å². The number of nitrogens with one attached hydrogen (secondary N) is 1. The highest BCUT2D eigenvalue weighted by Gasteiger charge is 2.13. The molecule has 122 valence electrons. The Morgan fingerprint density at radius 2 is 1.91 bits per heavy atom. The first-order valence-corrected chi connectivity index (χ1v) is 8.88. The Morgan fingerprint density at radius 3 is 2.61 bits per heavy atom. The Balaban J connectivity index is 1.81. The number of benzene rings is 2. The van der Waals surface area contributed by atoms with E-state index in [4.69, 9.17) is 16.3 Å². The first-order chi connectivity index (χ1) is 11.1. The molecule has 0 bridgehead atoms. The summed E-state index contributed by atoms with van der Waals surface area (Å²) in [5.74, 6) is 2.01. The van der Waals surface area contributed by atoms with Crippen LogP contribution in [0.15, 0.2) is 48.5 Å². The molecule has 0 spiro atoms. The van der Waals surface area contributed by atoms with Crippen LogP contribution in [0.4, 0.5) is 0 Å². The van der Waals surface area contributed by atoms with Crippen molar-refractivity contribution in [2.24, 2.45) is 0 Å². The zero-order chi connectivity index (χ0) is 16.7. The van der Waals surface area contributed by atoms with Crippen molar-refractivity contribution in [2.45, 2.75) is 18.7 Å². The number of para-hydroxylation sites is 1. The van der Waals surface area contributed by atoms with Gasteiger partial charge < -0.3 is 10.1 Å². The summed E-state index contributed by atoms with van der Waals surface area (Å²) in [6.45, 7) is 1.96. The van der Waals surface area contributed by atoms with E-state index in [0.717, 1.165) is 27.7 Å². The Labute approximate surface area is 146 Å². The molecular formula is C18H20ClNO2S. The maximum absolute atomic E-state index is 12.1. The molecule has 0 aliphatic rings. The molecule has 1 amide bonds. The molecule has 3 nitrogen and oxygen atoms in total. The standard InChI is InChI=1S/C18H20ClNO2S/c1-13(16-5-3-4-6-17(16)22-2)20-18(21)12-23-11-14-7-9-15(19)10-8-14/h3-10,13H,11-12H2,1-2H3,(H,20,21). The summed E-state index contributed by atoms with van der Waals surface area (Å²) in [7, 11) is 1.63. The van der Waals surface area contributed by atoms with Crippen LogP contribution in [0.3, 0.4) is 0 Å². The van der Waals surface area contributed by atoms with Gasteiger partial charge in [0.15, 0.2) is 0 Å². The number of methoxy groups -OCH3 is 1. The van der Waals surface area contributed by atoms with Gasteiger partial charge >= 0.3 is 0 Å². The average molecular weight is 350 g/mol. The van der Waals surface area contributed by atoms with Crippen LogP contribution in [0, 0.1) is 0 Å². The molecule has 5 heteroatoms. The zero-order valence-corrected chi connectivity index (χ0v) is 14.8. The summed E-state index contributed by atoms with van der Waals surface area (Å²) in [5, 5.41) is 3.73. The quantitative estimate of drug-likeness (QED) is 0.802. The van der Waals surface area contributed by atoms with Gasteiger partial charge in [-0.15, -0.1) is 11.8 Å². The van der Waals surface area contributed by atoms with E-state index in [9.17, 15) is 4.79 Å². The Bertz CT molecular complexity index is 646. The van der Waals surface area contributed by atoms with E-state index < -0.39 is 0 Å². The van der Waals surface area contributed by atoms with E-state index in [0.29, 0.717) is 5.75 Å². The summed E-state index contributed by atoms with van der Waals surface area (Å²) in [5.41, 5.74) is 2.14. The third-order valence-electron chi connectivity index (χ3n) is 3.40. The lowest BCUT2D eigenvalue weighted by atomic mass is 10.1. The van der Waals surface area contributed by atoms with Crippen LogP contribution in [-0.2, 0) is 10.5 Å². The Kier molecular flexibility index (Phi) is 6.81. The molecular weight excluding hydrogens is 330 g/mol. The average Bonchev–Trinajstić information content (AvgIpc) is 2.56. The molecule has 0 radical (unpaired) electrons. The number of hydrogen-bond acceptors (Lipinski definition) is 3. The molecule has 0 aliphatic heterocycles. The fourth-order valence-corrected chi connectivity index (χ4v) is 3.15. The maximum atomic E-state index is 12.1. The van der Waals surface area contributed by atoms with Crippen molar-refractivity contribution < 1.29 is 9.53 Å². The molecule has 2 rings (SSSR count). The third kappa shape index (κ3) is 5.48. The molecule has 23 heavy (non-hydrogen) atoms. The summed E-state index contributed by atoms with van der Waals surface area (Å²) in [4.78, 5) is 12.1. The second-order valence-electron chi connectivity index (χ2n) is 5.15. The number of ether oxygens (including phenoxy) is 1. The van der Waals surface area contributed by atoms with Crippen LogP contribution in [0.1, 0.15) is 24.1 Å². The van der Waals surface area contributed by atoms with Crippen molar-refractivity contribution in [1.82, 2.24) is 5.32 Å². The molecule has 1 unspecified atom stereocenters. The van der Waals surface area contributed by atoms with Gasteiger partial charge in [-0.1, -0.05) is 41.9 Å². The van der Waals surface area contributed by atoms with Crippen molar-refractivity contribution in [3.05, 3.63) is 64.7 Å². The highest BCUT2D eigenvalue weighted by atomic mass is 35.5. The van der Waals surface area contributed by atoms with Crippen LogP contribution >= 0.6 is 23.4 Å². The zero-order valence-electron chi connectivity index (χ0n) is 13.2. The van der Waals surface area contributed by atoms with Crippen molar-refractivity contribution in [2.75, 3.05) is 12.9 Å². The first kappa shape index (κ1) is 17.7. The SMILES string of the molecule is COc1ccccc1C(C)NC(=O)CSCc1ccc(Cl)cc1. The van der Waals surface area contributed by atoms with Crippen molar-refractivity contribution in [1.29, 1.82) is 0 Å². The topological polar surface area (TPSA) is 38.3 Å². The summed E-state index contributed by atoms with van der Waals surface area (Å²) in [6.07, 6.45) is 0. The highest BCUT2D eigenvalue weighted by Crippen LogP contribution is 2.24. The maximum Gasteiger partial charge on any atom is 0.230 e. The van der Waals surface area contributed by atoms with Gasteiger partial charge in [0.1, 0.15) is 5.75 Å². The first-order valence-electron chi connectivity index (χ1n) is 7.34. The largest absolute Gasteiger partial charge is 0.496 e. The van der Waals surface area contributed by atoms with Gasteiger partial charge in [0.2, 0.25) is 5.91 Å². The van der Waals surface area contributed by atoms with Gasteiger partial charge in [-0.2, -0.15) is 0 Å². The second-order valence-corrected chi connectivity index (χ2v) is 6.57. The smallest absolute Gasteiger partial charge is 0.230 e. The van der Waals surface area contributed by atoms with Crippen molar-refractivity contribution >= 4 is 29.3 Å². The van der Waals surface area contributed by atoms with E-state index in [2.05, 4.69) is 5.32 Å². The van der Waals surface area contributed by atoms with Crippen LogP contribution in [0.2, 0.25) is 5.02 Å². The number of thioether (sulfide) groups is 1. The minimum Gasteiger partial charge on any atom is -0.496 e. The fraction of sp³-hybridized carbons (Fsp3) is 0.278. The number of carbonyl (C=O) groups is 1. The Morgan fingerprint density at radius 1 is 1.22 bits per heavy atom. The molecule has 0 heterocycles. The predicted molar refractivity (Wildman–Crippen MR) is 97.2 cm³/mol. The lowest BCUT2D eigenvalue weighted by Gasteiger charge is -2.17. The lowest BCUT2D eigenvalue weighted by Crippen LogP contribution is -2.28. The van der Waals surface area contributed by atoms with E-state index in [1.807, 2.05) is 55.5 Å². The summed E-state index contributed by atoms with van der Waals surface area (Å²) in [6, 6.07) is 15.3. The number of rotatable bonds is 7. The second kappa shape index (κ2) is 8.85. The number of amides is 1. The van der Waals surface area contributed by atoms with Gasteiger partial charge in [-0.3, -0.25) is 4.79 Å². The van der Waals surface area contributed by atoms with Crippen LogP contribution in [0.25, 0.3) is 0 Å². The van der Waals surface area contributed by atoms with Gasteiger partial charge in [0, 0.05) is 16.3 Å². The molecule has 0 saturated heterocycles. The lowest BCUT2D eigenvalue weighted by molar-refractivity contribution is -0.119. The molecule has 1 atom stereocenters. The predicted octanol–water partition coefficient (Wildman–Crippen LogP) is 4.46. The molecule has 0 aromatic heterocycles. The minimum absolute atomic E-state index is 0.0161. The van der Waals surface area contributed by atoms with E-state index >= 15 is 0 Å². The molecule has 2 aromatic carbocycles. The van der Waals surface area contributed by atoms with E-state index in [1.165, 1.54) is 0 Å². The van der Waals surface area contributed by atoms with Gasteiger partial charge in [-0.05, 0) is 30.7 Å².